The van der Waals surface area contributed by atoms with Crippen LogP contribution in [0.1, 0.15) is 10.4 Å². The zero-order chi connectivity index (χ0) is 14.7. The number of pyridine rings is 1. The average molecular weight is 338 g/mol. The molecular formula is C13H12BrN3O3. The molecule has 0 saturated heterocycles. The lowest BCUT2D eigenvalue weighted by Crippen LogP contribution is -2.06. The summed E-state index contributed by atoms with van der Waals surface area (Å²) in [5.74, 6) is -0.340. The lowest BCUT2D eigenvalue weighted by molar-refractivity contribution is 0.0697. The summed E-state index contributed by atoms with van der Waals surface area (Å²) in [5.41, 5.74) is 6.43. The molecule has 0 unspecified atom stereocenters. The topological polar surface area (TPSA) is 97.5 Å². The fraction of sp³-hybridized carbons (Fsp3) is 0.0769. The molecule has 1 heterocycles. The first-order valence-electron chi connectivity index (χ1n) is 5.60. The van der Waals surface area contributed by atoms with Gasteiger partial charge in [0.25, 0.3) is 0 Å². The molecule has 0 spiro atoms. The Balaban J connectivity index is 2.44. The van der Waals surface area contributed by atoms with E-state index in [9.17, 15) is 9.90 Å². The van der Waals surface area contributed by atoms with Crippen molar-refractivity contribution in [3.63, 3.8) is 0 Å². The largest absolute Gasteiger partial charge is 0.495 e. The highest BCUT2D eigenvalue weighted by atomic mass is 79.9. The summed E-state index contributed by atoms with van der Waals surface area (Å²) in [6.45, 7) is 0. The van der Waals surface area contributed by atoms with Crippen LogP contribution in [0, 0.1) is 0 Å². The standard InChI is InChI=1S/C13H12BrN3O3/c1-20-11-3-2-7(14)4-10(11)17-12-9(13(18)19)5-8(15)6-16-12/h2-6H,15H2,1H3,(H,16,17)(H,18,19). The lowest BCUT2D eigenvalue weighted by Gasteiger charge is -2.13. The molecule has 0 bridgehead atoms. The molecule has 0 aliphatic carbocycles. The molecule has 104 valence electrons. The molecule has 0 fully saturated rings. The van der Waals surface area contributed by atoms with Crippen LogP contribution in [-0.2, 0) is 0 Å². The minimum atomic E-state index is -1.11. The van der Waals surface area contributed by atoms with Gasteiger partial charge in [0.2, 0.25) is 0 Å². The van der Waals surface area contributed by atoms with Gasteiger partial charge in [0, 0.05) is 4.47 Å². The van der Waals surface area contributed by atoms with Crippen LogP contribution < -0.4 is 15.8 Å². The number of halogens is 1. The Hall–Kier alpha value is -2.28. The quantitative estimate of drug-likeness (QED) is 0.793. The summed E-state index contributed by atoms with van der Waals surface area (Å²) in [5, 5.41) is 12.1. The van der Waals surface area contributed by atoms with Gasteiger partial charge in [0.15, 0.2) is 0 Å². The van der Waals surface area contributed by atoms with E-state index in [1.807, 2.05) is 6.07 Å². The third-order valence-electron chi connectivity index (χ3n) is 2.55. The van der Waals surface area contributed by atoms with Crippen LogP contribution in [0.3, 0.4) is 0 Å². The summed E-state index contributed by atoms with van der Waals surface area (Å²) in [6.07, 6.45) is 1.39. The highest BCUT2D eigenvalue weighted by molar-refractivity contribution is 9.10. The van der Waals surface area contributed by atoms with Crippen LogP contribution in [0.25, 0.3) is 0 Å². The molecule has 20 heavy (non-hydrogen) atoms. The number of benzene rings is 1. The first kappa shape index (κ1) is 14.1. The number of hydrogen-bond acceptors (Lipinski definition) is 5. The second-order valence-electron chi connectivity index (χ2n) is 3.94. The van der Waals surface area contributed by atoms with Gasteiger partial charge in [-0.1, -0.05) is 15.9 Å². The second kappa shape index (κ2) is 5.79. The highest BCUT2D eigenvalue weighted by Crippen LogP contribution is 2.31. The number of nitrogens with one attached hydrogen (secondary N) is 1. The van der Waals surface area contributed by atoms with E-state index < -0.39 is 5.97 Å². The predicted molar refractivity (Wildman–Crippen MR) is 79.6 cm³/mol. The molecule has 0 amide bonds. The van der Waals surface area contributed by atoms with E-state index in [-0.39, 0.29) is 17.1 Å². The summed E-state index contributed by atoms with van der Waals surface area (Å²) in [7, 11) is 1.53. The molecule has 6 nitrogen and oxygen atoms in total. The fourth-order valence-corrected chi connectivity index (χ4v) is 2.01. The van der Waals surface area contributed by atoms with E-state index in [2.05, 4.69) is 26.2 Å². The van der Waals surface area contributed by atoms with Crippen LogP contribution in [0.5, 0.6) is 5.75 Å². The van der Waals surface area contributed by atoms with E-state index >= 15 is 0 Å². The maximum absolute atomic E-state index is 11.2. The van der Waals surface area contributed by atoms with Gasteiger partial charge in [-0.3, -0.25) is 0 Å². The SMILES string of the molecule is COc1ccc(Br)cc1Nc1ncc(N)cc1C(=O)O. The molecule has 4 N–H and O–H groups in total. The van der Waals surface area contributed by atoms with Crippen molar-refractivity contribution >= 4 is 39.1 Å². The van der Waals surface area contributed by atoms with Crippen LogP contribution >= 0.6 is 15.9 Å². The number of aromatic carboxylic acids is 1. The molecule has 7 heteroatoms. The van der Waals surface area contributed by atoms with Gasteiger partial charge in [-0.15, -0.1) is 0 Å². The number of nitrogen functional groups attached to an aromatic ring is 1. The van der Waals surface area contributed by atoms with E-state index in [0.29, 0.717) is 11.4 Å². The molecule has 0 aliphatic rings. The number of methoxy groups -OCH3 is 1. The minimum Gasteiger partial charge on any atom is -0.495 e. The maximum atomic E-state index is 11.2. The lowest BCUT2D eigenvalue weighted by atomic mass is 10.2. The van der Waals surface area contributed by atoms with Gasteiger partial charge < -0.3 is 20.9 Å². The zero-order valence-electron chi connectivity index (χ0n) is 10.6. The second-order valence-corrected chi connectivity index (χ2v) is 4.86. The van der Waals surface area contributed by atoms with Crippen LogP contribution in [0.2, 0.25) is 0 Å². The van der Waals surface area contributed by atoms with Gasteiger partial charge in [-0.2, -0.15) is 0 Å². The van der Waals surface area contributed by atoms with Crippen LogP contribution in [-0.4, -0.2) is 23.2 Å². The van der Waals surface area contributed by atoms with Gasteiger partial charge in [-0.25, -0.2) is 9.78 Å². The van der Waals surface area contributed by atoms with Crippen molar-refractivity contribution in [1.29, 1.82) is 0 Å². The van der Waals surface area contributed by atoms with Crippen LogP contribution in [0.15, 0.2) is 34.9 Å². The fourth-order valence-electron chi connectivity index (χ4n) is 1.65. The third-order valence-corrected chi connectivity index (χ3v) is 3.05. The molecule has 0 saturated carbocycles. The van der Waals surface area contributed by atoms with Crippen molar-refractivity contribution in [2.75, 3.05) is 18.2 Å². The number of aromatic nitrogens is 1. The summed E-state index contributed by atoms with van der Waals surface area (Å²) >= 11 is 3.35. The maximum Gasteiger partial charge on any atom is 0.339 e. The number of carboxylic acid groups (broad SMARTS) is 1. The van der Waals surface area contributed by atoms with Crippen LogP contribution in [0.4, 0.5) is 17.2 Å². The molecule has 0 radical (unpaired) electrons. The highest BCUT2D eigenvalue weighted by Gasteiger charge is 2.14. The molecule has 1 aromatic carbocycles. The van der Waals surface area contributed by atoms with Crippen molar-refractivity contribution in [3.8, 4) is 5.75 Å². The molecule has 1 aromatic heterocycles. The number of carbonyl (C=O) groups is 1. The average Bonchev–Trinajstić information content (AvgIpc) is 2.41. The Morgan fingerprint density at radius 1 is 1.45 bits per heavy atom. The van der Waals surface area contributed by atoms with E-state index in [1.165, 1.54) is 19.4 Å². The number of ether oxygens (including phenoxy) is 1. The summed E-state index contributed by atoms with van der Waals surface area (Å²) in [4.78, 5) is 15.2. The van der Waals surface area contributed by atoms with Gasteiger partial charge in [0.05, 0.1) is 24.7 Å². The molecule has 2 aromatic rings. The number of hydrogen-bond donors (Lipinski definition) is 3. The smallest absolute Gasteiger partial charge is 0.339 e. The number of nitrogens with zero attached hydrogens (tertiary/aromatic N) is 1. The molecule has 2 rings (SSSR count). The van der Waals surface area contributed by atoms with Gasteiger partial charge in [0.1, 0.15) is 17.1 Å². The van der Waals surface area contributed by atoms with Crippen molar-refractivity contribution in [1.82, 2.24) is 4.98 Å². The minimum absolute atomic E-state index is 0.00738. The van der Waals surface area contributed by atoms with E-state index in [1.54, 1.807) is 12.1 Å². The normalized spacial score (nSPS) is 10.1. The molecule has 0 aliphatic heterocycles. The van der Waals surface area contributed by atoms with Crippen molar-refractivity contribution in [2.45, 2.75) is 0 Å². The number of rotatable bonds is 4. The predicted octanol–water partition coefficient (Wildman–Crippen LogP) is 2.88. The zero-order valence-corrected chi connectivity index (χ0v) is 12.1. The third kappa shape index (κ3) is 3.00. The molecule has 0 atom stereocenters. The monoisotopic (exact) mass is 337 g/mol. The Kier molecular flexibility index (Phi) is 4.09. The Morgan fingerprint density at radius 2 is 2.20 bits per heavy atom. The Morgan fingerprint density at radius 3 is 2.85 bits per heavy atom. The van der Waals surface area contributed by atoms with E-state index in [4.69, 9.17) is 10.5 Å². The first-order chi connectivity index (χ1) is 9.51. The number of nitrogens with two attached hydrogens (primary N) is 1. The number of anilines is 3. The van der Waals surface area contributed by atoms with Crippen molar-refractivity contribution < 1.29 is 14.6 Å². The number of carboxylic acids is 1. The van der Waals surface area contributed by atoms with Crippen molar-refractivity contribution in [2.24, 2.45) is 0 Å². The van der Waals surface area contributed by atoms with E-state index in [0.717, 1.165) is 4.47 Å². The van der Waals surface area contributed by atoms with Gasteiger partial charge in [-0.05, 0) is 24.3 Å². The van der Waals surface area contributed by atoms with Gasteiger partial charge >= 0.3 is 5.97 Å². The molecular weight excluding hydrogens is 326 g/mol. The van der Waals surface area contributed by atoms with Crippen molar-refractivity contribution in [3.05, 3.63) is 40.5 Å². The Bertz CT molecular complexity index is 661. The first-order valence-corrected chi connectivity index (χ1v) is 6.40. The summed E-state index contributed by atoms with van der Waals surface area (Å²) < 4.78 is 6.04. The Labute approximate surface area is 123 Å². The summed E-state index contributed by atoms with van der Waals surface area (Å²) in [6, 6.07) is 6.69.